The van der Waals surface area contributed by atoms with Crippen molar-refractivity contribution in [1.82, 2.24) is 4.37 Å². The van der Waals surface area contributed by atoms with Crippen LogP contribution in [0.3, 0.4) is 0 Å². The zero-order valence-corrected chi connectivity index (χ0v) is 9.88. The molecule has 0 radical (unpaired) electrons. The Hall–Kier alpha value is -1.42. The maximum atomic E-state index is 10.5. The zero-order chi connectivity index (χ0) is 11.5. The first kappa shape index (κ1) is 11.1. The highest BCUT2D eigenvalue weighted by Gasteiger charge is 2.07. The van der Waals surface area contributed by atoms with Crippen LogP contribution in [0.5, 0.6) is 0 Å². The second kappa shape index (κ2) is 4.61. The van der Waals surface area contributed by atoms with E-state index in [0.717, 1.165) is 12.1 Å². The van der Waals surface area contributed by atoms with Crippen LogP contribution in [0.4, 0.5) is 0 Å². The molecule has 4 heteroatoms. The molecule has 0 spiro atoms. The van der Waals surface area contributed by atoms with Crippen molar-refractivity contribution in [1.29, 1.82) is 0 Å². The molecule has 1 aromatic carbocycles. The van der Waals surface area contributed by atoms with Gasteiger partial charge in [0, 0.05) is 11.8 Å². The predicted molar refractivity (Wildman–Crippen MR) is 64.9 cm³/mol. The van der Waals surface area contributed by atoms with Crippen molar-refractivity contribution in [2.75, 3.05) is 0 Å². The minimum atomic E-state index is -0.729. The van der Waals surface area contributed by atoms with Crippen LogP contribution in [-0.4, -0.2) is 15.4 Å². The molecule has 0 fully saturated rings. The molecule has 0 amide bonds. The van der Waals surface area contributed by atoms with E-state index in [-0.39, 0.29) is 6.42 Å². The lowest BCUT2D eigenvalue weighted by Crippen LogP contribution is -1.96. The highest BCUT2D eigenvalue weighted by molar-refractivity contribution is 7.13. The molecule has 1 heterocycles. The van der Waals surface area contributed by atoms with E-state index in [1.165, 1.54) is 27.2 Å². The number of fused-ring (bicyclic) bond motifs is 1. The molecular formula is C12H13NO2S. The van der Waals surface area contributed by atoms with Crippen LogP contribution < -0.4 is 0 Å². The third kappa shape index (κ3) is 2.22. The number of hydrogen-bond acceptors (Lipinski definition) is 3. The molecule has 0 unspecified atom stereocenters. The number of aromatic nitrogens is 1. The van der Waals surface area contributed by atoms with Crippen LogP contribution >= 0.6 is 11.5 Å². The van der Waals surface area contributed by atoms with Crippen molar-refractivity contribution in [3.8, 4) is 0 Å². The van der Waals surface area contributed by atoms with Gasteiger partial charge in [0.05, 0.1) is 10.4 Å². The number of carboxylic acids is 1. The summed E-state index contributed by atoms with van der Waals surface area (Å²) >= 11 is 1.50. The van der Waals surface area contributed by atoms with E-state index in [2.05, 4.69) is 16.5 Å². The quantitative estimate of drug-likeness (QED) is 0.886. The maximum Gasteiger partial charge on any atom is 0.303 e. The van der Waals surface area contributed by atoms with E-state index >= 15 is 0 Å². The Morgan fingerprint density at radius 1 is 1.50 bits per heavy atom. The minimum absolute atomic E-state index is 0.229. The van der Waals surface area contributed by atoms with Gasteiger partial charge in [0.2, 0.25) is 0 Å². The van der Waals surface area contributed by atoms with Crippen molar-refractivity contribution >= 4 is 27.6 Å². The van der Waals surface area contributed by atoms with Gasteiger partial charge in [-0.1, -0.05) is 12.1 Å². The van der Waals surface area contributed by atoms with Crippen LogP contribution in [0.2, 0.25) is 0 Å². The Morgan fingerprint density at radius 2 is 2.31 bits per heavy atom. The number of nitrogens with zero attached hydrogens (tertiary/aromatic N) is 1. The molecule has 0 saturated carbocycles. The monoisotopic (exact) mass is 235 g/mol. The number of rotatable bonds is 4. The molecule has 0 aliphatic carbocycles. The summed E-state index contributed by atoms with van der Waals surface area (Å²) in [4.78, 5) is 10.5. The van der Waals surface area contributed by atoms with Crippen molar-refractivity contribution in [2.45, 2.75) is 26.2 Å². The molecule has 1 aromatic heterocycles. The summed E-state index contributed by atoms with van der Waals surface area (Å²) in [5.41, 5.74) is 2.26. The third-order valence-corrected chi connectivity index (χ3v) is 3.49. The van der Waals surface area contributed by atoms with Gasteiger partial charge in [-0.05, 0) is 42.9 Å². The van der Waals surface area contributed by atoms with Gasteiger partial charge in [0.25, 0.3) is 0 Å². The normalized spacial score (nSPS) is 10.8. The highest BCUT2D eigenvalue weighted by atomic mass is 32.1. The van der Waals surface area contributed by atoms with Gasteiger partial charge in [-0.15, -0.1) is 0 Å². The Kier molecular flexibility index (Phi) is 3.19. The van der Waals surface area contributed by atoms with Gasteiger partial charge < -0.3 is 5.11 Å². The second-order valence-electron chi connectivity index (χ2n) is 3.81. The molecule has 16 heavy (non-hydrogen) atoms. The van der Waals surface area contributed by atoms with Crippen LogP contribution in [0, 0.1) is 6.92 Å². The van der Waals surface area contributed by atoms with Crippen molar-refractivity contribution in [3.05, 3.63) is 29.5 Å². The lowest BCUT2D eigenvalue weighted by atomic mass is 10.0. The Morgan fingerprint density at radius 3 is 3.06 bits per heavy atom. The number of aryl methyl sites for hydroxylation is 2. The van der Waals surface area contributed by atoms with E-state index < -0.39 is 5.97 Å². The lowest BCUT2D eigenvalue weighted by Gasteiger charge is -2.02. The third-order valence-electron chi connectivity index (χ3n) is 2.59. The SMILES string of the molecule is Cc1nsc2cccc(CCCC(=O)O)c12. The molecule has 0 aliphatic rings. The number of carboxylic acid groups (broad SMARTS) is 1. The van der Waals surface area contributed by atoms with Gasteiger partial charge in [-0.3, -0.25) is 4.79 Å². The summed E-state index contributed by atoms with van der Waals surface area (Å²) in [6, 6.07) is 6.13. The average Bonchev–Trinajstić information content (AvgIpc) is 2.61. The number of aliphatic carboxylic acids is 1. The highest BCUT2D eigenvalue weighted by Crippen LogP contribution is 2.26. The standard InChI is InChI=1S/C12H13NO2S/c1-8-12-9(5-3-7-11(14)15)4-2-6-10(12)16-13-8/h2,4,6H,3,5,7H2,1H3,(H,14,15). The Bertz CT molecular complexity index is 519. The Labute approximate surface area is 97.9 Å². The molecule has 3 nitrogen and oxygen atoms in total. The minimum Gasteiger partial charge on any atom is -0.481 e. The molecule has 0 atom stereocenters. The van der Waals surface area contributed by atoms with E-state index in [1.54, 1.807) is 0 Å². The number of hydrogen-bond donors (Lipinski definition) is 1. The maximum absolute atomic E-state index is 10.5. The van der Waals surface area contributed by atoms with Gasteiger partial charge in [0.15, 0.2) is 0 Å². The van der Waals surface area contributed by atoms with Crippen molar-refractivity contribution in [2.24, 2.45) is 0 Å². The fourth-order valence-electron chi connectivity index (χ4n) is 1.86. The molecule has 0 bridgehead atoms. The summed E-state index contributed by atoms with van der Waals surface area (Å²) in [5, 5.41) is 9.82. The largest absolute Gasteiger partial charge is 0.481 e. The van der Waals surface area contributed by atoms with E-state index in [4.69, 9.17) is 5.11 Å². The first-order valence-electron chi connectivity index (χ1n) is 5.24. The molecule has 2 rings (SSSR count). The second-order valence-corrected chi connectivity index (χ2v) is 4.61. The first-order chi connectivity index (χ1) is 7.68. The average molecular weight is 235 g/mol. The number of carbonyl (C=O) groups is 1. The molecule has 84 valence electrons. The van der Waals surface area contributed by atoms with Crippen LogP contribution in [0.15, 0.2) is 18.2 Å². The molecule has 2 aromatic rings. The molecule has 0 saturated heterocycles. The number of benzene rings is 1. The summed E-state index contributed by atoms with van der Waals surface area (Å²) in [6.45, 7) is 2.00. The van der Waals surface area contributed by atoms with Gasteiger partial charge in [-0.2, -0.15) is 4.37 Å². The summed E-state index contributed by atoms with van der Waals surface area (Å²) < 4.78 is 5.51. The molecule has 1 N–H and O–H groups in total. The Balaban J connectivity index is 2.23. The van der Waals surface area contributed by atoms with Gasteiger partial charge in [0.1, 0.15) is 0 Å². The van der Waals surface area contributed by atoms with Crippen LogP contribution in [0.1, 0.15) is 24.1 Å². The van der Waals surface area contributed by atoms with Gasteiger partial charge in [-0.25, -0.2) is 0 Å². The van der Waals surface area contributed by atoms with Crippen molar-refractivity contribution < 1.29 is 9.90 Å². The van der Waals surface area contributed by atoms with Crippen molar-refractivity contribution in [3.63, 3.8) is 0 Å². The first-order valence-corrected chi connectivity index (χ1v) is 6.01. The predicted octanol–water partition coefficient (Wildman–Crippen LogP) is 3.01. The van der Waals surface area contributed by atoms with E-state index in [0.29, 0.717) is 6.42 Å². The van der Waals surface area contributed by atoms with Crippen LogP contribution in [-0.2, 0) is 11.2 Å². The zero-order valence-electron chi connectivity index (χ0n) is 9.06. The van der Waals surface area contributed by atoms with Gasteiger partial charge >= 0.3 is 5.97 Å². The topological polar surface area (TPSA) is 50.2 Å². The fraction of sp³-hybridized carbons (Fsp3) is 0.333. The molecular weight excluding hydrogens is 222 g/mol. The summed E-state index contributed by atoms with van der Waals surface area (Å²) in [7, 11) is 0. The smallest absolute Gasteiger partial charge is 0.303 e. The van der Waals surface area contributed by atoms with E-state index in [1.807, 2.05) is 13.0 Å². The van der Waals surface area contributed by atoms with Crippen LogP contribution in [0.25, 0.3) is 10.1 Å². The lowest BCUT2D eigenvalue weighted by molar-refractivity contribution is -0.137. The molecule has 0 aliphatic heterocycles. The fourth-order valence-corrected chi connectivity index (χ4v) is 2.70. The summed E-state index contributed by atoms with van der Waals surface area (Å²) in [6.07, 6.45) is 1.72. The summed E-state index contributed by atoms with van der Waals surface area (Å²) in [5.74, 6) is -0.729. The van der Waals surface area contributed by atoms with E-state index in [9.17, 15) is 4.79 Å².